The van der Waals surface area contributed by atoms with Gasteiger partial charge in [-0.15, -0.1) is 11.8 Å². The molecule has 144 valence electrons. The topological polar surface area (TPSA) is 83.6 Å². The lowest BCUT2D eigenvalue weighted by Gasteiger charge is -2.29. The standard InChI is InChI=1S/C20H24N2O4S/c1-13(23)6-3-2-4-11-27-17-8-5-7-14-15(17)12-22(20(14)26)16-9-10-18(24)21-19(16)25/h5,7-8,16H,2-4,6,9-12H2,1H3,(H,21,24,25). The molecule has 1 atom stereocenters. The SMILES string of the molecule is CC(=O)CCCCCSc1cccc2c1CN(C1CCC(=O)NC1=O)C2=O. The molecule has 7 heteroatoms. The molecule has 1 saturated heterocycles. The molecule has 1 N–H and O–H groups in total. The molecule has 2 aliphatic rings. The third kappa shape index (κ3) is 4.58. The van der Waals surface area contributed by atoms with Gasteiger partial charge in [-0.1, -0.05) is 12.5 Å². The molecule has 1 aromatic carbocycles. The Bertz CT molecular complexity index is 777. The molecule has 0 radical (unpaired) electrons. The van der Waals surface area contributed by atoms with E-state index < -0.39 is 6.04 Å². The first-order chi connectivity index (χ1) is 13.0. The molecular weight excluding hydrogens is 364 g/mol. The van der Waals surface area contributed by atoms with Crippen LogP contribution in [0.4, 0.5) is 0 Å². The minimum atomic E-state index is -0.577. The number of ketones is 1. The first kappa shape index (κ1) is 19.6. The van der Waals surface area contributed by atoms with Crippen molar-refractivity contribution in [2.75, 3.05) is 5.75 Å². The number of nitrogens with one attached hydrogen (secondary N) is 1. The summed E-state index contributed by atoms with van der Waals surface area (Å²) >= 11 is 1.72. The van der Waals surface area contributed by atoms with Gasteiger partial charge in [-0.25, -0.2) is 0 Å². The Kier molecular flexibility index (Phi) is 6.31. The van der Waals surface area contributed by atoms with Crippen molar-refractivity contribution in [3.05, 3.63) is 29.3 Å². The lowest BCUT2D eigenvalue weighted by atomic mass is 10.0. The number of thioether (sulfide) groups is 1. The number of unbranched alkanes of at least 4 members (excludes halogenated alkanes) is 2. The monoisotopic (exact) mass is 388 g/mol. The molecule has 2 heterocycles. The maximum absolute atomic E-state index is 12.8. The molecule has 0 aromatic heterocycles. The Hall–Kier alpha value is -2.15. The molecular formula is C20H24N2O4S. The number of imide groups is 1. The molecule has 1 unspecified atom stereocenters. The van der Waals surface area contributed by atoms with Crippen LogP contribution in [0.1, 0.15) is 61.4 Å². The van der Waals surface area contributed by atoms with E-state index in [0.717, 1.165) is 35.5 Å². The van der Waals surface area contributed by atoms with Gasteiger partial charge >= 0.3 is 0 Å². The fourth-order valence-electron chi connectivity index (χ4n) is 3.53. The van der Waals surface area contributed by atoms with Gasteiger partial charge in [-0.05, 0) is 49.6 Å². The number of carbonyl (C=O) groups is 4. The van der Waals surface area contributed by atoms with Crippen LogP contribution in [0.3, 0.4) is 0 Å². The molecule has 1 aromatic rings. The van der Waals surface area contributed by atoms with Gasteiger partial charge in [-0.3, -0.25) is 19.7 Å². The normalized spacial score (nSPS) is 19.2. The highest BCUT2D eigenvalue weighted by Crippen LogP contribution is 2.34. The number of hydrogen-bond acceptors (Lipinski definition) is 5. The highest BCUT2D eigenvalue weighted by atomic mass is 32.2. The smallest absolute Gasteiger partial charge is 0.255 e. The van der Waals surface area contributed by atoms with Crippen LogP contribution < -0.4 is 5.32 Å². The van der Waals surface area contributed by atoms with Gasteiger partial charge in [0.25, 0.3) is 5.91 Å². The summed E-state index contributed by atoms with van der Waals surface area (Å²) in [5, 5.41) is 2.33. The average molecular weight is 388 g/mol. The van der Waals surface area contributed by atoms with Gasteiger partial charge in [0.05, 0.1) is 0 Å². The fraction of sp³-hybridized carbons (Fsp3) is 0.500. The van der Waals surface area contributed by atoms with Crippen molar-refractivity contribution in [3.63, 3.8) is 0 Å². The number of piperidine rings is 1. The number of carbonyl (C=O) groups excluding carboxylic acids is 4. The predicted octanol–water partition coefficient (Wildman–Crippen LogP) is 2.69. The van der Waals surface area contributed by atoms with Crippen LogP contribution >= 0.6 is 11.8 Å². The summed E-state index contributed by atoms with van der Waals surface area (Å²) in [5.74, 6) is 0.369. The van der Waals surface area contributed by atoms with Gasteiger partial charge in [0.2, 0.25) is 11.8 Å². The number of fused-ring (bicyclic) bond motifs is 1. The molecule has 0 spiro atoms. The third-order valence-electron chi connectivity index (χ3n) is 4.97. The number of nitrogens with zero attached hydrogens (tertiary/aromatic N) is 1. The van der Waals surface area contributed by atoms with Crippen LogP contribution in [0.2, 0.25) is 0 Å². The average Bonchev–Trinajstić information content (AvgIpc) is 2.95. The minimum Gasteiger partial charge on any atom is -0.322 e. The van der Waals surface area contributed by atoms with Gasteiger partial charge in [0.15, 0.2) is 0 Å². The van der Waals surface area contributed by atoms with Crippen LogP contribution in [0, 0.1) is 0 Å². The second kappa shape index (κ2) is 8.69. The highest BCUT2D eigenvalue weighted by molar-refractivity contribution is 7.99. The van der Waals surface area contributed by atoms with Crippen LogP contribution in [0.5, 0.6) is 0 Å². The number of rotatable bonds is 8. The van der Waals surface area contributed by atoms with E-state index in [1.54, 1.807) is 29.7 Å². The van der Waals surface area contributed by atoms with E-state index >= 15 is 0 Å². The summed E-state index contributed by atoms with van der Waals surface area (Å²) in [6.45, 7) is 2.03. The van der Waals surface area contributed by atoms with Gasteiger partial charge < -0.3 is 9.69 Å². The summed E-state index contributed by atoms with van der Waals surface area (Å²) in [6, 6.07) is 5.12. The Balaban J connectivity index is 1.61. The van der Waals surface area contributed by atoms with E-state index in [2.05, 4.69) is 5.32 Å². The Morgan fingerprint density at radius 1 is 1.22 bits per heavy atom. The Morgan fingerprint density at radius 2 is 2.04 bits per heavy atom. The molecule has 2 aliphatic heterocycles. The van der Waals surface area contributed by atoms with Gasteiger partial charge in [-0.2, -0.15) is 0 Å². The highest BCUT2D eigenvalue weighted by Gasteiger charge is 2.39. The summed E-state index contributed by atoms with van der Waals surface area (Å²) in [5.41, 5.74) is 1.63. The molecule has 0 aliphatic carbocycles. The maximum atomic E-state index is 12.8. The summed E-state index contributed by atoms with van der Waals surface area (Å²) in [7, 11) is 0. The van der Waals surface area contributed by atoms with Crippen molar-refractivity contribution in [1.82, 2.24) is 10.2 Å². The molecule has 3 amide bonds. The Labute approximate surface area is 163 Å². The van der Waals surface area contributed by atoms with E-state index in [0.29, 0.717) is 24.9 Å². The first-order valence-corrected chi connectivity index (χ1v) is 10.3. The number of benzene rings is 1. The van der Waals surface area contributed by atoms with E-state index in [-0.39, 0.29) is 29.9 Å². The lowest BCUT2D eigenvalue weighted by Crippen LogP contribution is -2.52. The fourth-order valence-corrected chi connectivity index (χ4v) is 4.62. The zero-order chi connectivity index (χ0) is 19.4. The van der Waals surface area contributed by atoms with Gasteiger partial charge in [0.1, 0.15) is 11.8 Å². The Morgan fingerprint density at radius 3 is 2.78 bits per heavy atom. The second-order valence-electron chi connectivity index (χ2n) is 7.04. The van der Waals surface area contributed by atoms with Crippen LogP contribution in [-0.4, -0.2) is 40.2 Å². The zero-order valence-corrected chi connectivity index (χ0v) is 16.3. The van der Waals surface area contributed by atoms with Crippen molar-refractivity contribution < 1.29 is 19.2 Å². The van der Waals surface area contributed by atoms with Crippen LogP contribution in [-0.2, 0) is 20.9 Å². The number of Topliss-reactive ketones (excluding diaryl/α,β-unsaturated/α-hetero) is 1. The maximum Gasteiger partial charge on any atom is 0.255 e. The van der Waals surface area contributed by atoms with E-state index in [9.17, 15) is 19.2 Å². The van der Waals surface area contributed by atoms with Crippen molar-refractivity contribution in [2.24, 2.45) is 0 Å². The van der Waals surface area contributed by atoms with E-state index in [1.807, 2.05) is 12.1 Å². The minimum absolute atomic E-state index is 0.136. The number of hydrogen-bond donors (Lipinski definition) is 1. The largest absolute Gasteiger partial charge is 0.322 e. The van der Waals surface area contributed by atoms with Crippen LogP contribution in [0.25, 0.3) is 0 Å². The summed E-state index contributed by atoms with van der Waals surface area (Å²) < 4.78 is 0. The van der Waals surface area contributed by atoms with E-state index in [4.69, 9.17) is 0 Å². The molecule has 6 nitrogen and oxygen atoms in total. The summed E-state index contributed by atoms with van der Waals surface area (Å²) in [4.78, 5) is 49.9. The third-order valence-corrected chi connectivity index (χ3v) is 6.16. The quantitative estimate of drug-likeness (QED) is 0.421. The van der Waals surface area contributed by atoms with Crippen molar-refractivity contribution in [2.45, 2.75) is 62.9 Å². The zero-order valence-electron chi connectivity index (χ0n) is 15.5. The first-order valence-electron chi connectivity index (χ1n) is 9.36. The molecule has 27 heavy (non-hydrogen) atoms. The van der Waals surface area contributed by atoms with Crippen molar-refractivity contribution >= 4 is 35.3 Å². The van der Waals surface area contributed by atoms with Crippen molar-refractivity contribution in [1.29, 1.82) is 0 Å². The molecule has 3 rings (SSSR count). The second-order valence-corrected chi connectivity index (χ2v) is 8.18. The van der Waals surface area contributed by atoms with Crippen LogP contribution in [0.15, 0.2) is 23.1 Å². The predicted molar refractivity (Wildman–Crippen MR) is 102 cm³/mol. The number of amides is 3. The van der Waals surface area contributed by atoms with E-state index in [1.165, 1.54) is 0 Å². The summed E-state index contributed by atoms with van der Waals surface area (Å²) in [6.07, 6.45) is 4.24. The van der Waals surface area contributed by atoms with Gasteiger partial charge in [0, 0.05) is 29.8 Å². The van der Waals surface area contributed by atoms with Crippen molar-refractivity contribution in [3.8, 4) is 0 Å². The molecule has 0 bridgehead atoms. The lowest BCUT2D eigenvalue weighted by molar-refractivity contribution is -0.137. The molecule has 1 fully saturated rings. The molecule has 0 saturated carbocycles.